The first kappa shape index (κ1) is 13.5. The molecule has 1 saturated heterocycles. The topological polar surface area (TPSA) is 37.0 Å². The Bertz CT molecular complexity index is 390. The number of nitrogens with one attached hydrogen (secondary N) is 2. The van der Waals surface area contributed by atoms with E-state index in [0.29, 0.717) is 6.04 Å². The molecule has 19 heavy (non-hydrogen) atoms. The molecule has 1 aliphatic heterocycles. The molecule has 2 aliphatic rings. The van der Waals surface area contributed by atoms with Crippen LogP contribution >= 0.6 is 11.3 Å². The zero-order valence-electron chi connectivity index (χ0n) is 11.8. The molecule has 1 aliphatic carbocycles. The Hall–Kier alpha value is -0.450. The van der Waals surface area contributed by atoms with Crippen molar-refractivity contribution in [1.82, 2.24) is 15.6 Å². The molecule has 3 atom stereocenters. The molecule has 4 heteroatoms. The van der Waals surface area contributed by atoms with Crippen LogP contribution in [0, 0.1) is 12.8 Å². The lowest BCUT2D eigenvalue weighted by Crippen LogP contribution is -2.38. The van der Waals surface area contributed by atoms with Crippen LogP contribution in [0.15, 0.2) is 5.38 Å². The normalized spacial score (nSPS) is 30.5. The van der Waals surface area contributed by atoms with Crippen LogP contribution < -0.4 is 10.6 Å². The summed E-state index contributed by atoms with van der Waals surface area (Å²) in [6.07, 6.45) is 8.18. The fourth-order valence-electron chi connectivity index (χ4n) is 3.58. The maximum atomic E-state index is 4.50. The third-order valence-electron chi connectivity index (χ3n) is 4.52. The standard InChI is InChI=1S/C15H25N3S/c1-11-10-19-15(17-11)6-7-16-9-13-8-12-4-2-3-5-14(12)18-13/h10,12-14,16,18H,2-9H2,1H3. The molecular formula is C15H25N3S. The summed E-state index contributed by atoms with van der Waals surface area (Å²) in [5, 5.41) is 10.8. The average Bonchev–Trinajstić information content (AvgIpc) is 3.00. The Morgan fingerprint density at radius 3 is 3.11 bits per heavy atom. The molecule has 0 spiro atoms. The number of hydrogen-bond acceptors (Lipinski definition) is 4. The second-order valence-electron chi connectivity index (χ2n) is 6.09. The first-order valence-electron chi connectivity index (χ1n) is 7.69. The summed E-state index contributed by atoms with van der Waals surface area (Å²) in [5.41, 5.74) is 1.15. The zero-order valence-corrected chi connectivity index (χ0v) is 12.6. The van der Waals surface area contributed by atoms with Crippen molar-refractivity contribution in [2.45, 2.75) is 57.5 Å². The molecule has 106 valence electrons. The molecule has 3 unspecified atom stereocenters. The third-order valence-corrected chi connectivity index (χ3v) is 5.55. The summed E-state index contributed by atoms with van der Waals surface area (Å²) < 4.78 is 0. The second kappa shape index (κ2) is 6.33. The van der Waals surface area contributed by atoms with E-state index in [1.165, 1.54) is 37.1 Å². The van der Waals surface area contributed by atoms with Gasteiger partial charge in [-0.25, -0.2) is 4.98 Å². The molecule has 0 aromatic carbocycles. The van der Waals surface area contributed by atoms with Gasteiger partial charge in [0.05, 0.1) is 5.01 Å². The SMILES string of the molecule is Cc1csc(CCNCC2CC3CCCCC3N2)n1. The van der Waals surface area contributed by atoms with Crippen molar-refractivity contribution in [2.24, 2.45) is 5.92 Å². The van der Waals surface area contributed by atoms with Crippen molar-refractivity contribution in [2.75, 3.05) is 13.1 Å². The van der Waals surface area contributed by atoms with Crippen LogP contribution in [-0.2, 0) is 6.42 Å². The van der Waals surface area contributed by atoms with Crippen LogP contribution in [0.25, 0.3) is 0 Å². The number of thiazole rings is 1. The molecular weight excluding hydrogens is 254 g/mol. The Balaban J connectivity index is 1.34. The minimum Gasteiger partial charge on any atom is -0.315 e. The fourth-order valence-corrected chi connectivity index (χ4v) is 4.35. The molecule has 3 rings (SSSR count). The molecule has 0 radical (unpaired) electrons. The zero-order chi connectivity index (χ0) is 13.1. The molecule has 0 bridgehead atoms. The van der Waals surface area contributed by atoms with Gasteiger partial charge in [0.15, 0.2) is 0 Å². The van der Waals surface area contributed by atoms with Crippen LogP contribution in [-0.4, -0.2) is 30.2 Å². The quantitative estimate of drug-likeness (QED) is 0.813. The monoisotopic (exact) mass is 279 g/mol. The maximum Gasteiger partial charge on any atom is 0.0940 e. The maximum absolute atomic E-state index is 4.50. The first-order chi connectivity index (χ1) is 9.31. The van der Waals surface area contributed by atoms with Gasteiger partial charge in [-0.05, 0) is 32.1 Å². The highest BCUT2D eigenvalue weighted by Crippen LogP contribution is 2.32. The molecule has 2 heterocycles. The Kier molecular flexibility index (Phi) is 4.51. The molecule has 0 amide bonds. The van der Waals surface area contributed by atoms with Gasteiger partial charge in [0.2, 0.25) is 0 Å². The van der Waals surface area contributed by atoms with E-state index in [1.807, 2.05) is 0 Å². The van der Waals surface area contributed by atoms with Crippen molar-refractivity contribution in [3.8, 4) is 0 Å². The van der Waals surface area contributed by atoms with Crippen LogP contribution in [0.4, 0.5) is 0 Å². The van der Waals surface area contributed by atoms with Crippen LogP contribution in [0.5, 0.6) is 0 Å². The van der Waals surface area contributed by atoms with Crippen molar-refractivity contribution in [3.63, 3.8) is 0 Å². The van der Waals surface area contributed by atoms with Crippen LogP contribution in [0.1, 0.15) is 42.8 Å². The van der Waals surface area contributed by atoms with Crippen LogP contribution in [0.2, 0.25) is 0 Å². The molecule has 2 fully saturated rings. The molecule has 1 aromatic heterocycles. The number of aromatic nitrogens is 1. The van der Waals surface area contributed by atoms with Crippen molar-refractivity contribution >= 4 is 11.3 Å². The van der Waals surface area contributed by atoms with Gasteiger partial charge in [0.25, 0.3) is 0 Å². The van der Waals surface area contributed by atoms with E-state index in [2.05, 4.69) is 27.9 Å². The molecule has 1 saturated carbocycles. The molecule has 1 aromatic rings. The van der Waals surface area contributed by atoms with Crippen molar-refractivity contribution in [1.29, 1.82) is 0 Å². The Morgan fingerprint density at radius 1 is 1.42 bits per heavy atom. The average molecular weight is 279 g/mol. The predicted octanol–water partition coefficient (Wildman–Crippen LogP) is 2.50. The predicted molar refractivity (Wildman–Crippen MR) is 80.7 cm³/mol. The number of hydrogen-bond donors (Lipinski definition) is 2. The lowest BCUT2D eigenvalue weighted by atomic mass is 9.85. The number of aryl methyl sites for hydroxylation is 1. The van der Waals surface area contributed by atoms with Crippen LogP contribution in [0.3, 0.4) is 0 Å². The first-order valence-corrected chi connectivity index (χ1v) is 8.57. The van der Waals surface area contributed by atoms with Gasteiger partial charge < -0.3 is 10.6 Å². The highest BCUT2D eigenvalue weighted by molar-refractivity contribution is 7.09. The smallest absolute Gasteiger partial charge is 0.0940 e. The summed E-state index contributed by atoms with van der Waals surface area (Å²) in [7, 11) is 0. The van der Waals surface area contributed by atoms with Crippen molar-refractivity contribution in [3.05, 3.63) is 16.1 Å². The second-order valence-corrected chi connectivity index (χ2v) is 7.03. The largest absolute Gasteiger partial charge is 0.315 e. The highest BCUT2D eigenvalue weighted by atomic mass is 32.1. The van der Waals surface area contributed by atoms with Gasteiger partial charge in [0.1, 0.15) is 0 Å². The number of nitrogens with zero attached hydrogens (tertiary/aromatic N) is 1. The van der Waals surface area contributed by atoms with E-state index in [-0.39, 0.29) is 0 Å². The molecule has 3 nitrogen and oxygen atoms in total. The van der Waals surface area contributed by atoms with E-state index >= 15 is 0 Å². The van der Waals surface area contributed by atoms with Gasteiger partial charge in [-0.15, -0.1) is 11.3 Å². The Labute approximate surface area is 120 Å². The number of rotatable bonds is 5. The molecule has 2 N–H and O–H groups in total. The van der Waals surface area contributed by atoms with E-state index in [0.717, 1.165) is 37.2 Å². The van der Waals surface area contributed by atoms with Crippen molar-refractivity contribution < 1.29 is 0 Å². The number of fused-ring (bicyclic) bond motifs is 1. The van der Waals surface area contributed by atoms with E-state index in [4.69, 9.17) is 0 Å². The van der Waals surface area contributed by atoms with Gasteiger partial charge in [0, 0.05) is 42.7 Å². The summed E-state index contributed by atoms with van der Waals surface area (Å²) in [6, 6.07) is 1.52. The lowest BCUT2D eigenvalue weighted by Gasteiger charge is -2.24. The summed E-state index contributed by atoms with van der Waals surface area (Å²) in [5.74, 6) is 0.960. The van der Waals surface area contributed by atoms with E-state index < -0.39 is 0 Å². The minimum atomic E-state index is 0.700. The lowest BCUT2D eigenvalue weighted by molar-refractivity contribution is 0.325. The van der Waals surface area contributed by atoms with Gasteiger partial charge >= 0.3 is 0 Å². The third kappa shape index (κ3) is 3.56. The van der Waals surface area contributed by atoms with Gasteiger partial charge in [-0.1, -0.05) is 12.8 Å². The summed E-state index contributed by atoms with van der Waals surface area (Å²) >= 11 is 1.78. The van der Waals surface area contributed by atoms with Gasteiger partial charge in [-0.3, -0.25) is 0 Å². The van der Waals surface area contributed by atoms with Gasteiger partial charge in [-0.2, -0.15) is 0 Å². The van der Waals surface area contributed by atoms with E-state index in [1.54, 1.807) is 11.3 Å². The van der Waals surface area contributed by atoms with E-state index in [9.17, 15) is 0 Å². The summed E-state index contributed by atoms with van der Waals surface area (Å²) in [4.78, 5) is 4.50. The minimum absolute atomic E-state index is 0.700. The highest BCUT2D eigenvalue weighted by Gasteiger charge is 2.34. The Morgan fingerprint density at radius 2 is 2.32 bits per heavy atom. The summed E-state index contributed by atoms with van der Waals surface area (Å²) in [6.45, 7) is 4.25. The fraction of sp³-hybridized carbons (Fsp3) is 0.800.